The highest BCUT2D eigenvalue weighted by Crippen LogP contribution is 2.39. The van der Waals surface area contributed by atoms with E-state index < -0.39 is 11.6 Å². The summed E-state index contributed by atoms with van der Waals surface area (Å²) in [7, 11) is 0. The zero-order chi connectivity index (χ0) is 18.0. The van der Waals surface area contributed by atoms with Crippen LogP contribution in [0.5, 0.6) is 0 Å². The number of amides is 1. The van der Waals surface area contributed by atoms with Gasteiger partial charge in [0, 0.05) is 31.2 Å². The van der Waals surface area contributed by atoms with Gasteiger partial charge in [-0.3, -0.25) is 4.79 Å². The Morgan fingerprint density at radius 3 is 2.85 bits per heavy atom. The van der Waals surface area contributed by atoms with Gasteiger partial charge in [0.1, 0.15) is 11.6 Å². The molecule has 138 valence electrons. The first-order chi connectivity index (χ1) is 12.7. The Morgan fingerprint density at radius 2 is 2.12 bits per heavy atom. The summed E-state index contributed by atoms with van der Waals surface area (Å²) in [4.78, 5) is 15.0. The maximum atomic E-state index is 13.3. The zero-order valence-electron chi connectivity index (χ0n) is 15.2. The van der Waals surface area contributed by atoms with Crippen LogP contribution in [0.4, 0.5) is 0 Å². The Bertz CT molecular complexity index is 694. The van der Waals surface area contributed by atoms with Crippen LogP contribution in [0.2, 0.25) is 0 Å². The number of likely N-dealkylation sites (tertiary alicyclic amines) is 1. The van der Waals surface area contributed by atoms with E-state index >= 15 is 0 Å². The molecule has 3 unspecified atom stereocenters. The molecule has 4 rings (SSSR count). The highest BCUT2D eigenvalue weighted by atomic mass is 16.5. The summed E-state index contributed by atoms with van der Waals surface area (Å²) in [6.45, 7) is 2.82. The molecule has 5 nitrogen and oxygen atoms in total. The standard InChI is InChI=1S/C21H26N2O3/c22-14-19-21(8-1-2-11-26-21)9-4-10-23(19)20(24)17-6-3-5-16(13-17)18-7-12-25-15-18/h3,5-6,13,18-19H,1-2,4,7-12,15H2. The SMILES string of the molecule is N#CC1N(C(=O)c2cccc(C3CCOC3)c2)CCCC12CCCCO2. The molecule has 1 aromatic carbocycles. The molecule has 1 aromatic rings. The van der Waals surface area contributed by atoms with Gasteiger partial charge in [-0.2, -0.15) is 5.26 Å². The average molecular weight is 354 g/mol. The predicted octanol–water partition coefficient (Wildman–Crippen LogP) is 3.26. The van der Waals surface area contributed by atoms with E-state index in [4.69, 9.17) is 9.47 Å². The van der Waals surface area contributed by atoms with Crippen LogP contribution < -0.4 is 0 Å². The highest BCUT2D eigenvalue weighted by Gasteiger charge is 2.48. The topological polar surface area (TPSA) is 62.6 Å². The molecule has 5 heteroatoms. The maximum Gasteiger partial charge on any atom is 0.255 e. The molecule has 0 bridgehead atoms. The van der Waals surface area contributed by atoms with Crippen molar-refractivity contribution in [1.82, 2.24) is 4.90 Å². The lowest BCUT2D eigenvalue weighted by molar-refractivity contribution is -0.128. The van der Waals surface area contributed by atoms with Gasteiger partial charge in [-0.05, 0) is 56.2 Å². The Kier molecular flexibility index (Phi) is 4.97. The van der Waals surface area contributed by atoms with E-state index in [0.29, 0.717) is 24.6 Å². The first-order valence-electron chi connectivity index (χ1n) is 9.76. The summed E-state index contributed by atoms with van der Waals surface area (Å²) in [6.07, 6.45) is 5.73. The number of nitrogens with zero attached hydrogens (tertiary/aromatic N) is 2. The number of hydrogen-bond acceptors (Lipinski definition) is 4. The van der Waals surface area contributed by atoms with E-state index in [1.54, 1.807) is 4.90 Å². The van der Waals surface area contributed by atoms with Crippen molar-refractivity contribution < 1.29 is 14.3 Å². The normalized spacial score (nSPS) is 31.7. The van der Waals surface area contributed by atoms with Gasteiger partial charge < -0.3 is 14.4 Å². The first kappa shape index (κ1) is 17.5. The lowest BCUT2D eigenvalue weighted by Gasteiger charge is -2.48. The van der Waals surface area contributed by atoms with Crippen LogP contribution in [-0.4, -0.2) is 48.8 Å². The van der Waals surface area contributed by atoms with Gasteiger partial charge in [-0.1, -0.05) is 12.1 Å². The molecule has 0 aliphatic carbocycles. The Hall–Kier alpha value is -1.90. The molecule has 0 saturated carbocycles. The predicted molar refractivity (Wildman–Crippen MR) is 96.8 cm³/mol. The highest BCUT2D eigenvalue weighted by molar-refractivity contribution is 5.95. The van der Waals surface area contributed by atoms with Crippen molar-refractivity contribution in [3.63, 3.8) is 0 Å². The molecule has 0 aromatic heterocycles. The molecule has 3 aliphatic rings. The fourth-order valence-corrected chi connectivity index (χ4v) is 4.68. The molecule has 3 aliphatic heterocycles. The monoisotopic (exact) mass is 354 g/mol. The van der Waals surface area contributed by atoms with Crippen LogP contribution in [0, 0.1) is 11.3 Å². The van der Waals surface area contributed by atoms with Crippen molar-refractivity contribution in [1.29, 1.82) is 5.26 Å². The number of nitriles is 1. The molecule has 3 fully saturated rings. The van der Waals surface area contributed by atoms with Crippen molar-refractivity contribution >= 4 is 5.91 Å². The van der Waals surface area contributed by atoms with Crippen molar-refractivity contribution in [2.45, 2.75) is 56.1 Å². The third-order valence-electron chi connectivity index (χ3n) is 6.11. The molecule has 3 saturated heterocycles. The van der Waals surface area contributed by atoms with Gasteiger partial charge in [-0.25, -0.2) is 0 Å². The van der Waals surface area contributed by atoms with Crippen molar-refractivity contribution in [3.8, 4) is 6.07 Å². The minimum atomic E-state index is -0.498. The number of carbonyl (C=O) groups is 1. The van der Waals surface area contributed by atoms with E-state index in [1.807, 2.05) is 18.2 Å². The summed E-state index contributed by atoms with van der Waals surface area (Å²) in [6, 6.07) is 9.76. The molecule has 26 heavy (non-hydrogen) atoms. The van der Waals surface area contributed by atoms with E-state index in [1.165, 1.54) is 0 Å². The fourth-order valence-electron chi connectivity index (χ4n) is 4.68. The molecule has 0 N–H and O–H groups in total. The summed E-state index contributed by atoms with van der Waals surface area (Å²) in [5, 5.41) is 9.86. The minimum absolute atomic E-state index is 0.0504. The zero-order valence-corrected chi connectivity index (χ0v) is 15.2. The largest absolute Gasteiger partial charge is 0.381 e. The summed E-state index contributed by atoms with van der Waals surface area (Å²) < 4.78 is 11.6. The van der Waals surface area contributed by atoms with Gasteiger partial charge in [0.05, 0.1) is 12.7 Å². The lowest BCUT2D eigenvalue weighted by Crippen LogP contribution is -2.60. The fraction of sp³-hybridized carbons (Fsp3) is 0.619. The lowest BCUT2D eigenvalue weighted by atomic mass is 9.79. The van der Waals surface area contributed by atoms with Gasteiger partial charge in [0.2, 0.25) is 0 Å². The second kappa shape index (κ2) is 7.38. The van der Waals surface area contributed by atoms with Crippen LogP contribution in [0.1, 0.15) is 60.4 Å². The Morgan fingerprint density at radius 1 is 1.23 bits per heavy atom. The van der Waals surface area contributed by atoms with Crippen molar-refractivity contribution in [3.05, 3.63) is 35.4 Å². The van der Waals surface area contributed by atoms with E-state index in [-0.39, 0.29) is 5.91 Å². The number of benzene rings is 1. The quantitative estimate of drug-likeness (QED) is 0.818. The summed E-state index contributed by atoms with van der Waals surface area (Å²) in [5.74, 6) is 0.314. The number of ether oxygens (including phenoxy) is 2. The van der Waals surface area contributed by atoms with E-state index in [0.717, 1.165) is 57.3 Å². The van der Waals surface area contributed by atoms with E-state index in [2.05, 4.69) is 12.1 Å². The number of carbonyl (C=O) groups excluding carboxylic acids is 1. The van der Waals surface area contributed by atoms with Crippen molar-refractivity contribution in [2.75, 3.05) is 26.4 Å². The summed E-state index contributed by atoms with van der Waals surface area (Å²) >= 11 is 0. The number of hydrogen-bond donors (Lipinski definition) is 0. The number of piperidine rings is 1. The maximum absolute atomic E-state index is 13.3. The molecule has 0 radical (unpaired) electrons. The van der Waals surface area contributed by atoms with Crippen LogP contribution in [-0.2, 0) is 9.47 Å². The van der Waals surface area contributed by atoms with Crippen LogP contribution in [0.25, 0.3) is 0 Å². The molecule has 1 spiro atoms. The van der Waals surface area contributed by atoms with Gasteiger partial charge in [0.25, 0.3) is 5.91 Å². The average Bonchev–Trinajstić information content (AvgIpc) is 3.23. The van der Waals surface area contributed by atoms with Crippen LogP contribution in [0.3, 0.4) is 0 Å². The number of rotatable bonds is 2. The Labute approximate surface area is 154 Å². The smallest absolute Gasteiger partial charge is 0.255 e. The summed E-state index contributed by atoms with van der Waals surface area (Å²) in [5.41, 5.74) is 1.35. The first-order valence-corrected chi connectivity index (χ1v) is 9.76. The van der Waals surface area contributed by atoms with Crippen LogP contribution in [0.15, 0.2) is 24.3 Å². The van der Waals surface area contributed by atoms with Crippen molar-refractivity contribution in [2.24, 2.45) is 0 Å². The van der Waals surface area contributed by atoms with Gasteiger partial charge in [-0.15, -0.1) is 0 Å². The third-order valence-corrected chi connectivity index (χ3v) is 6.11. The van der Waals surface area contributed by atoms with Crippen LogP contribution >= 0.6 is 0 Å². The Balaban J connectivity index is 1.58. The third kappa shape index (κ3) is 3.13. The molecule has 3 heterocycles. The van der Waals surface area contributed by atoms with E-state index in [9.17, 15) is 10.1 Å². The second-order valence-electron chi connectivity index (χ2n) is 7.69. The molecular weight excluding hydrogens is 328 g/mol. The molecule has 1 amide bonds. The van der Waals surface area contributed by atoms with Gasteiger partial charge in [0.15, 0.2) is 0 Å². The molecule has 3 atom stereocenters. The molecular formula is C21H26N2O3. The van der Waals surface area contributed by atoms with Gasteiger partial charge >= 0.3 is 0 Å². The second-order valence-corrected chi connectivity index (χ2v) is 7.69. The minimum Gasteiger partial charge on any atom is -0.381 e.